The Morgan fingerprint density at radius 2 is 1.90 bits per heavy atom. The van der Waals surface area contributed by atoms with E-state index in [4.69, 9.17) is 4.74 Å². The summed E-state index contributed by atoms with van der Waals surface area (Å²) in [6.45, 7) is 1.54. The fourth-order valence-corrected chi connectivity index (χ4v) is 5.44. The van der Waals surface area contributed by atoms with Gasteiger partial charge in [0.2, 0.25) is 11.0 Å². The molecule has 2 aromatic heterocycles. The molecule has 7 nitrogen and oxygen atoms in total. The summed E-state index contributed by atoms with van der Waals surface area (Å²) in [4.78, 5) is 18.5. The normalized spacial score (nSPS) is 10.6. The summed E-state index contributed by atoms with van der Waals surface area (Å²) in [5.74, 6) is 1.31. The number of para-hydroxylation sites is 3. The minimum atomic E-state index is -0.0732. The minimum absolute atomic E-state index is 0.0732. The van der Waals surface area contributed by atoms with Gasteiger partial charge in [-0.1, -0.05) is 53.4 Å². The molecular formula is C21H19N5O2S3. The lowest BCUT2D eigenvalue weighted by atomic mass is 10.3. The van der Waals surface area contributed by atoms with Crippen LogP contribution in [-0.4, -0.2) is 28.2 Å². The van der Waals surface area contributed by atoms with Crippen molar-refractivity contribution in [1.82, 2.24) is 15.2 Å². The molecule has 1 N–H and O–H groups in total. The molecule has 10 heteroatoms. The van der Waals surface area contributed by atoms with Crippen LogP contribution in [0.25, 0.3) is 0 Å². The second kappa shape index (κ2) is 9.90. The molecule has 0 saturated heterocycles. The lowest BCUT2D eigenvalue weighted by Crippen LogP contribution is -2.22. The molecule has 0 radical (unpaired) electrons. The van der Waals surface area contributed by atoms with Crippen LogP contribution in [0.2, 0.25) is 0 Å². The van der Waals surface area contributed by atoms with Crippen molar-refractivity contribution in [1.29, 1.82) is 0 Å². The van der Waals surface area contributed by atoms with E-state index in [1.165, 1.54) is 22.7 Å². The number of thioether (sulfide) groups is 1. The second-order valence-corrected chi connectivity index (χ2v) is 9.34. The van der Waals surface area contributed by atoms with Gasteiger partial charge in [0.25, 0.3) is 0 Å². The number of nitrogens with zero attached hydrogens (tertiary/aromatic N) is 4. The molecule has 2 aromatic carbocycles. The van der Waals surface area contributed by atoms with Crippen molar-refractivity contribution in [3.63, 3.8) is 0 Å². The van der Waals surface area contributed by atoms with Crippen molar-refractivity contribution in [2.45, 2.75) is 17.0 Å². The first kappa shape index (κ1) is 21.3. The van der Waals surface area contributed by atoms with Crippen LogP contribution in [0, 0.1) is 0 Å². The molecule has 0 saturated carbocycles. The van der Waals surface area contributed by atoms with Crippen molar-refractivity contribution >= 4 is 62.0 Å². The van der Waals surface area contributed by atoms with Crippen LogP contribution >= 0.6 is 34.4 Å². The molecule has 0 unspecified atom stereocenters. The highest BCUT2D eigenvalue weighted by atomic mass is 32.2. The number of anilines is 4. The Labute approximate surface area is 192 Å². The molecule has 31 heavy (non-hydrogen) atoms. The third-order valence-corrected chi connectivity index (χ3v) is 7.04. The SMILES string of the molecule is COc1ccccc1Nc1nnc(SCc2csc(N(C(C)=O)c3ccccc3)n2)s1. The molecule has 0 aliphatic heterocycles. The maximum absolute atomic E-state index is 12.2. The lowest BCUT2D eigenvalue weighted by Gasteiger charge is -2.17. The van der Waals surface area contributed by atoms with Gasteiger partial charge >= 0.3 is 0 Å². The summed E-state index contributed by atoms with van der Waals surface area (Å²) in [6.07, 6.45) is 0. The topological polar surface area (TPSA) is 80.2 Å². The number of hydrogen-bond donors (Lipinski definition) is 1. The lowest BCUT2D eigenvalue weighted by molar-refractivity contribution is -0.115. The van der Waals surface area contributed by atoms with Gasteiger partial charge in [0.05, 0.1) is 24.2 Å². The van der Waals surface area contributed by atoms with E-state index in [1.54, 1.807) is 30.7 Å². The first-order chi connectivity index (χ1) is 15.1. The number of aromatic nitrogens is 3. The number of thiazole rings is 1. The quantitative estimate of drug-likeness (QED) is 0.330. The van der Waals surface area contributed by atoms with Gasteiger partial charge in [-0.15, -0.1) is 21.5 Å². The standard InChI is InChI=1S/C21H19N5O2S3/c1-14(27)26(16-8-4-3-5-9-16)20-22-15(12-29-20)13-30-21-25-24-19(31-21)23-17-10-6-7-11-18(17)28-2/h3-12H,13H2,1-2H3,(H,23,24). The zero-order valence-electron chi connectivity index (χ0n) is 16.8. The van der Waals surface area contributed by atoms with Crippen molar-refractivity contribution < 1.29 is 9.53 Å². The number of carbonyl (C=O) groups is 1. The molecule has 0 spiro atoms. The molecule has 2 heterocycles. The van der Waals surface area contributed by atoms with Gasteiger partial charge in [0.1, 0.15) is 5.75 Å². The Bertz CT molecular complexity index is 1160. The van der Waals surface area contributed by atoms with E-state index in [9.17, 15) is 4.79 Å². The van der Waals surface area contributed by atoms with E-state index in [0.717, 1.165) is 27.2 Å². The molecule has 4 aromatic rings. The molecule has 158 valence electrons. The van der Waals surface area contributed by atoms with Gasteiger partial charge in [-0.2, -0.15) is 0 Å². The summed E-state index contributed by atoms with van der Waals surface area (Å²) in [5, 5.41) is 15.0. The van der Waals surface area contributed by atoms with Crippen LogP contribution in [0.3, 0.4) is 0 Å². The highest BCUT2D eigenvalue weighted by Crippen LogP contribution is 2.34. The summed E-state index contributed by atoms with van der Waals surface area (Å²) >= 11 is 4.47. The van der Waals surface area contributed by atoms with Gasteiger partial charge in [0.15, 0.2) is 9.47 Å². The van der Waals surface area contributed by atoms with Gasteiger partial charge < -0.3 is 10.1 Å². The van der Waals surface area contributed by atoms with E-state index in [-0.39, 0.29) is 5.91 Å². The Morgan fingerprint density at radius 3 is 2.68 bits per heavy atom. The maximum atomic E-state index is 12.2. The van der Waals surface area contributed by atoms with E-state index in [1.807, 2.05) is 60.0 Å². The minimum Gasteiger partial charge on any atom is -0.495 e. The molecule has 4 rings (SSSR count). The largest absolute Gasteiger partial charge is 0.495 e. The maximum Gasteiger partial charge on any atom is 0.230 e. The number of carbonyl (C=O) groups excluding carboxylic acids is 1. The van der Waals surface area contributed by atoms with Crippen LogP contribution in [0.4, 0.5) is 21.6 Å². The zero-order valence-corrected chi connectivity index (χ0v) is 19.3. The third-order valence-electron chi connectivity index (χ3n) is 4.16. The summed E-state index contributed by atoms with van der Waals surface area (Å²) in [6, 6.07) is 17.2. The number of amides is 1. The van der Waals surface area contributed by atoms with Gasteiger partial charge in [-0.3, -0.25) is 9.69 Å². The smallest absolute Gasteiger partial charge is 0.230 e. The molecule has 0 bridgehead atoms. The molecule has 0 fully saturated rings. The van der Waals surface area contributed by atoms with Crippen LogP contribution in [0.15, 0.2) is 64.3 Å². The van der Waals surface area contributed by atoms with E-state index >= 15 is 0 Å². The fraction of sp³-hybridized carbons (Fsp3) is 0.143. The average Bonchev–Trinajstić information content (AvgIpc) is 3.43. The van der Waals surface area contributed by atoms with E-state index in [2.05, 4.69) is 20.5 Å². The van der Waals surface area contributed by atoms with Crippen LogP contribution in [0.1, 0.15) is 12.6 Å². The number of benzene rings is 2. The monoisotopic (exact) mass is 469 g/mol. The summed E-state index contributed by atoms with van der Waals surface area (Å²) < 4.78 is 6.19. The molecule has 0 aliphatic rings. The van der Waals surface area contributed by atoms with Crippen molar-refractivity contribution in [2.75, 3.05) is 17.3 Å². The van der Waals surface area contributed by atoms with Crippen LogP contribution in [-0.2, 0) is 10.5 Å². The number of hydrogen-bond acceptors (Lipinski definition) is 9. The molecule has 0 atom stereocenters. The highest BCUT2D eigenvalue weighted by Gasteiger charge is 2.18. The van der Waals surface area contributed by atoms with Gasteiger partial charge in [-0.25, -0.2) is 4.98 Å². The number of nitrogens with one attached hydrogen (secondary N) is 1. The van der Waals surface area contributed by atoms with Crippen LogP contribution in [0.5, 0.6) is 5.75 Å². The second-order valence-electron chi connectivity index (χ2n) is 6.30. The Balaban J connectivity index is 1.41. The van der Waals surface area contributed by atoms with Crippen molar-refractivity contribution in [2.24, 2.45) is 0 Å². The predicted molar refractivity (Wildman–Crippen MR) is 127 cm³/mol. The summed E-state index contributed by atoms with van der Waals surface area (Å²) in [5.41, 5.74) is 2.54. The zero-order chi connectivity index (χ0) is 21.6. The highest BCUT2D eigenvalue weighted by molar-refractivity contribution is 8.00. The molecule has 1 amide bonds. The number of methoxy groups -OCH3 is 1. The fourth-order valence-electron chi connectivity index (χ4n) is 2.79. The van der Waals surface area contributed by atoms with Gasteiger partial charge in [-0.05, 0) is 24.3 Å². The Morgan fingerprint density at radius 1 is 1.13 bits per heavy atom. The Hall–Kier alpha value is -2.95. The van der Waals surface area contributed by atoms with Crippen molar-refractivity contribution in [3.8, 4) is 5.75 Å². The van der Waals surface area contributed by atoms with Crippen molar-refractivity contribution in [3.05, 3.63) is 65.7 Å². The first-order valence-electron chi connectivity index (χ1n) is 9.30. The number of ether oxygens (including phenoxy) is 1. The Kier molecular flexibility index (Phi) is 6.80. The van der Waals surface area contributed by atoms with Crippen LogP contribution < -0.4 is 15.0 Å². The third kappa shape index (κ3) is 5.22. The van der Waals surface area contributed by atoms with Gasteiger partial charge in [0, 0.05) is 18.1 Å². The molecular weight excluding hydrogens is 450 g/mol. The van der Waals surface area contributed by atoms with E-state index < -0.39 is 0 Å². The molecule has 0 aliphatic carbocycles. The predicted octanol–water partition coefficient (Wildman–Crippen LogP) is 5.72. The van der Waals surface area contributed by atoms with E-state index in [0.29, 0.717) is 16.0 Å². The average molecular weight is 470 g/mol. The summed E-state index contributed by atoms with van der Waals surface area (Å²) in [7, 11) is 1.63. The number of rotatable bonds is 8. The first-order valence-corrected chi connectivity index (χ1v) is 12.0.